The molecule has 0 radical (unpaired) electrons. The van der Waals surface area contributed by atoms with Crippen LogP contribution in [-0.2, 0) is 21.2 Å². The maximum absolute atomic E-state index is 13.2. The minimum atomic E-state index is -3.31. The van der Waals surface area contributed by atoms with Crippen molar-refractivity contribution in [2.45, 2.75) is 44.2 Å². The van der Waals surface area contributed by atoms with E-state index in [0.29, 0.717) is 25.8 Å². The van der Waals surface area contributed by atoms with Crippen LogP contribution in [0.15, 0.2) is 30.3 Å². The van der Waals surface area contributed by atoms with Crippen LogP contribution in [0.3, 0.4) is 0 Å². The average Bonchev–Trinajstić information content (AvgIpc) is 3.32. The molecule has 3 aliphatic rings. The first-order chi connectivity index (χ1) is 14.3. The minimum Gasteiger partial charge on any atom is -0.323 e. The molecule has 30 heavy (non-hydrogen) atoms. The number of imide groups is 1. The number of rotatable bonds is 6. The van der Waals surface area contributed by atoms with E-state index in [-0.39, 0.29) is 30.3 Å². The zero-order valence-electron chi connectivity index (χ0n) is 17.4. The summed E-state index contributed by atoms with van der Waals surface area (Å²) in [5, 5.41) is 2.95. The van der Waals surface area contributed by atoms with Crippen molar-refractivity contribution in [3.8, 4) is 0 Å². The first kappa shape index (κ1) is 21.3. The van der Waals surface area contributed by atoms with Gasteiger partial charge in [0.15, 0.2) is 0 Å². The number of benzene rings is 1. The summed E-state index contributed by atoms with van der Waals surface area (Å²) in [5.74, 6) is -0.154. The largest absolute Gasteiger partial charge is 0.325 e. The molecule has 0 aromatic heterocycles. The monoisotopic (exact) mass is 434 g/mol. The van der Waals surface area contributed by atoms with Gasteiger partial charge in [-0.3, -0.25) is 9.69 Å². The molecule has 1 N–H and O–H groups in total. The molecule has 3 saturated heterocycles. The first-order valence-corrected chi connectivity index (χ1v) is 12.4. The van der Waals surface area contributed by atoms with E-state index in [4.69, 9.17) is 0 Å². The van der Waals surface area contributed by atoms with Gasteiger partial charge in [0.05, 0.1) is 11.8 Å². The smallest absolute Gasteiger partial charge is 0.323 e. The average molecular weight is 435 g/mol. The van der Waals surface area contributed by atoms with Crippen LogP contribution < -0.4 is 5.32 Å². The molecule has 3 aliphatic heterocycles. The number of carbonyl (C=O) groups is 2. The summed E-state index contributed by atoms with van der Waals surface area (Å²) in [4.78, 5) is 29.6. The number of sulfonamides is 1. The second-order valence-electron chi connectivity index (χ2n) is 8.47. The predicted octanol–water partition coefficient (Wildman–Crippen LogP) is 1.04. The summed E-state index contributed by atoms with van der Waals surface area (Å²) in [7, 11) is -3.31. The molecule has 164 valence electrons. The van der Waals surface area contributed by atoms with Crippen molar-refractivity contribution in [2.24, 2.45) is 0 Å². The molecule has 4 rings (SSSR count). The van der Waals surface area contributed by atoms with Gasteiger partial charge in [0.1, 0.15) is 5.54 Å². The van der Waals surface area contributed by atoms with Gasteiger partial charge < -0.3 is 10.2 Å². The van der Waals surface area contributed by atoms with Crippen molar-refractivity contribution in [3.63, 3.8) is 0 Å². The maximum atomic E-state index is 13.2. The van der Waals surface area contributed by atoms with Crippen LogP contribution in [0.1, 0.15) is 31.7 Å². The lowest BCUT2D eigenvalue weighted by Crippen LogP contribution is -2.55. The number of piperidine rings is 1. The third kappa shape index (κ3) is 3.98. The molecular weight excluding hydrogens is 404 g/mol. The molecule has 3 amide bonds. The number of urea groups is 1. The first-order valence-electron chi connectivity index (χ1n) is 10.7. The second-order valence-corrected chi connectivity index (χ2v) is 10.7. The summed E-state index contributed by atoms with van der Waals surface area (Å²) in [6.07, 6.45) is 2.64. The fraction of sp³-hybridized carbons (Fsp3) is 0.619. The van der Waals surface area contributed by atoms with Gasteiger partial charge >= 0.3 is 6.03 Å². The number of hydrogen-bond acceptors (Lipinski definition) is 5. The summed E-state index contributed by atoms with van der Waals surface area (Å²) in [6, 6.07) is 9.57. The summed E-state index contributed by atoms with van der Waals surface area (Å²) >= 11 is 0. The number of likely N-dealkylation sites (tertiary alicyclic amines) is 1. The highest BCUT2D eigenvalue weighted by Gasteiger charge is 2.55. The van der Waals surface area contributed by atoms with Crippen LogP contribution in [-0.4, -0.2) is 84.5 Å². The van der Waals surface area contributed by atoms with Crippen LogP contribution in [0.4, 0.5) is 4.79 Å². The van der Waals surface area contributed by atoms with E-state index in [9.17, 15) is 18.0 Å². The number of hydrogen-bond donors (Lipinski definition) is 1. The summed E-state index contributed by atoms with van der Waals surface area (Å²) in [6.45, 7) is 4.61. The Hall–Kier alpha value is -1.97. The van der Waals surface area contributed by atoms with Crippen LogP contribution in [0, 0.1) is 0 Å². The molecule has 1 unspecified atom stereocenters. The lowest BCUT2D eigenvalue weighted by atomic mass is 9.87. The molecule has 0 saturated carbocycles. The van der Waals surface area contributed by atoms with Crippen molar-refractivity contribution >= 4 is 22.0 Å². The van der Waals surface area contributed by atoms with Gasteiger partial charge in [0.2, 0.25) is 10.0 Å². The quantitative estimate of drug-likeness (QED) is 0.676. The van der Waals surface area contributed by atoms with E-state index in [0.717, 1.165) is 26.1 Å². The van der Waals surface area contributed by atoms with Crippen LogP contribution >= 0.6 is 0 Å². The minimum absolute atomic E-state index is 0.0304. The van der Waals surface area contributed by atoms with E-state index in [1.807, 2.05) is 18.2 Å². The zero-order chi connectivity index (χ0) is 21.4. The fourth-order valence-electron chi connectivity index (χ4n) is 4.76. The number of nitrogens with zero attached hydrogens (tertiary/aromatic N) is 3. The Morgan fingerprint density at radius 3 is 2.47 bits per heavy atom. The Morgan fingerprint density at radius 1 is 1.10 bits per heavy atom. The van der Waals surface area contributed by atoms with Gasteiger partial charge in [-0.1, -0.05) is 30.3 Å². The van der Waals surface area contributed by atoms with Gasteiger partial charge in [0, 0.05) is 32.7 Å². The van der Waals surface area contributed by atoms with E-state index in [2.05, 4.69) is 22.3 Å². The van der Waals surface area contributed by atoms with Crippen molar-refractivity contribution in [2.75, 3.05) is 38.5 Å². The lowest BCUT2D eigenvalue weighted by molar-refractivity contribution is -0.134. The van der Waals surface area contributed by atoms with E-state index in [1.165, 1.54) is 14.8 Å². The van der Waals surface area contributed by atoms with Gasteiger partial charge in [-0.15, -0.1) is 0 Å². The Balaban J connectivity index is 1.35. The number of carbonyl (C=O) groups excluding carboxylic acids is 2. The van der Waals surface area contributed by atoms with Crippen LogP contribution in [0.5, 0.6) is 0 Å². The van der Waals surface area contributed by atoms with Gasteiger partial charge in [0.25, 0.3) is 5.91 Å². The van der Waals surface area contributed by atoms with Gasteiger partial charge in [-0.25, -0.2) is 13.2 Å². The fourth-order valence-corrected chi connectivity index (χ4v) is 5.91. The summed E-state index contributed by atoms with van der Waals surface area (Å²) in [5.41, 5.74) is 0.458. The SMILES string of the molecule is CCS(=O)(=O)N1CCC(N2C(=O)NC3(CCN(CCc4ccccc4)CC3)C2=O)C1. The van der Waals surface area contributed by atoms with Crippen molar-refractivity contribution in [3.05, 3.63) is 35.9 Å². The molecule has 9 heteroatoms. The van der Waals surface area contributed by atoms with Crippen LogP contribution in [0.2, 0.25) is 0 Å². The van der Waals surface area contributed by atoms with E-state index in [1.54, 1.807) is 6.92 Å². The van der Waals surface area contributed by atoms with E-state index < -0.39 is 15.6 Å². The van der Waals surface area contributed by atoms with Crippen molar-refractivity contribution < 1.29 is 18.0 Å². The normalized spacial score (nSPS) is 25.2. The predicted molar refractivity (Wildman–Crippen MR) is 113 cm³/mol. The number of amides is 3. The van der Waals surface area contributed by atoms with Crippen molar-refractivity contribution in [1.29, 1.82) is 0 Å². The van der Waals surface area contributed by atoms with Crippen LogP contribution in [0.25, 0.3) is 0 Å². The molecule has 1 atom stereocenters. The highest BCUT2D eigenvalue weighted by molar-refractivity contribution is 7.89. The maximum Gasteiger partial charge on any atom is 0.325 e. The second kappa shape index (κ2) is 8.28. The third-order valence-corrected chi connectivity index (χ3v) is 8.56. The van der Waals surface area contributed by atoms with Crippen molar-refractivity contribution in [1.82, 2.24) is 19.4 Å². The Morgan fingerprint density at radius 2 is 1.80 bits per heavy atom. The molecule has 3 heterocycles. The van der Waals surface area contributed by atoms with Gasteiger partial charge in [-0.05, 0) is 38.2 Å². The summed E-state index contributed by atoms with van der Waals surface area (Å²) < 4.78 is 25.7. The molecule has 8 nitrogen and oxygen atoms in total. The third-order valence-electron chi connectivity index (χ3n) is 6.71. The topological polar surface area (TPSA) is 90.0 Å². The zero-order valence-corrected chi connectivity index (χ0v) is 18.2. The molecule has 3 fully saturated rings. The highest BCUT2D eigenvalue weighted by atomic mass is 32.2. The van der Waals surface area contributed by atoms with Gasteiger partial charge in [-0.2, -0.15) is 4.31 Å². The standard InChI is InChI=1S/C21H30N4O4S/c1-2-30(28,29)24-13-9-18(16-24)25-19(26)21(22-20(25)27)10-14-23(15-11-21)12-8-17-6-4-3-5-7-17/h3-7,18H,2,8-16H2,1H3,(H,22,27). The molecule has 1 aromatic rings. The van der Waals surface area contributed by atoms with E-state index >= 15 is 0 Å². The number of nitrogens with one attached hydrogen (secondary N) is 1. The molecule has 0 aliphatic carbocycles. The highest BCUT2D eigenvalue weighted by Crippen LogP contribution is 2.33. The Bertz CT molecular complexity index is 897. The molecular formula is C21H30N4O4S. The Labute approximate surface area is 178 Å². The molecule has 1 aromatic carbocycles. The lowest BCUT2D eigenvalue weighted by Gasteiger charge is -2.37. The molecule has 1 spiro atoms. The Kier molecular flexibility index (Phi) is 5.87. The molecule has 0 bridgehead atoms.